The topological polar surface area (TPSA) is 80.5 Å². The number of urea groups is 1. The van der Waals surface area contributed by atoms with Crippen LogP contribution in [0, 0.1) is 20.8 Å². The summed E-state index contributed by atoms with van der Waals surface area (Å²) in [6, 6.07) is 21.0. The van der Waals surface area contributed by atoms with Gasteiger partial charge in [-0.1, -0.05) is 41.1 Å². The van der Waals surface area contributed by atoms with E-state index in [2.05, 4.69) is 16.5 Å². The van der Waals surface area contributed by atoms with E-state index in [0.29, 0.717) is 11.7 Å². The fourth-order valence-electron chi connectivity index (χ4n) is 4.61. The van der Waals surface area contributed by atoms with E-state index in [9.17, 15) is 4.79 Å². The maximum atomic E-state index is 13.4. The van der Waals surface area contributed by atoms with E-state index in [-0.39, 0.29) is 6.03 Å². The van der Waals surface area contributed by atoms with Crippen molar-refractivity contribution >= 4 is 17.3 Å². The highest BCUT2D eigenvalue weighted by molar-refractivity contribution is 6.01. The molecule has 0 fully saturated rings. The van der Waals surface area contributed by atoms with Crippen LogP contribution in [-0.2, 0) is 0 Å². The van der Waals surface area contributed by atoms with Crippen molar-refractivity contribution in [3.8, 4) is 17.1 Å². The Balaban J connectivity index is 1.64. The number of anilines is 1. The van der Waals surface area contributed by atoms with Crippen molar-refractivity contribution in [3.63, 3.8) is 0 Å². The normalized spacial score (nSPS) is 15.8. The highest BCUT2D eigenvalue weighted by atomic mass is 16.5. The molecule has 182 valence electrons. The van der Waals surface area contributed by atoms with E-state index in [0.717, 1.165) is 50.5 Å². The lowest BCUT2D eigenvalue weighted by atomic mass is 9.93. The van der Waals surface area contributed by atoms with E-state index < -0.39 is 6.04 Å². The smallest absolute Gasteiger partial charge is 0.326 e. The molecule has 4 aromatic rings. The Morgan fingerprint density at radius 2 is 1.56 bits per heavy atom. The van der Waals surface area contributed by atoms with Crippen molar-refractivity contribution in [2.75, 3.05) is 12.0 Å². The van der Waals surface area contributed by atoms with Gasteiger partial charge in [-0.15, -0.1) is 0 Å². The van der Waals surface area contributed by atoms with Gasteiger partial charge < -0.3 is 14.6 Å². The number of ether oxygens (including phenoxy) is 1. The van der Waals surface area contributed by atoms with Gasteiger partial charge in [-0.25, -0.2) is 4.79 Å². The molecule has 2 amide bonds. The van der Waals surface area contributed by atoms with Gasteiger partial charge in [-0.2, -0.15) is 4.98 Å². The van der Waals surface area contributed by atoms with Gasteiger partial charge in [0.2, 0.25) is 5.82 Å². The zero-order valence-corrected chi connectivity index (χ0v) is 21.0. The Labute approximate surface area is 210 Å². The van der Waals surface area contributed by atoms with Crippen molar-refractivity contribution < 1.29 is 14.1 Å². The first-order valence-electron chi connectivity index (χ1n) is 11.8. The number of nitrogens with one attached hydrogen (secondary N) is 1. The molecule has 7 heteroatoms. The number of nitrogens with zero attached hydrogens (tertiary/aromatic N) is 3. The molecular formula is C29H28N4O3. The number of methoxy groups -OCH3 is 1. The lowest BCUT2D eigenvalue weighted by molar-refractivity contribution is 0.244. The first-order chi connectivity index (χ1) is 17.3. The number of hydrogen-bond acceptors (Lipinski definition) is 5. The van der Waals surface area contributed by atoms with E-state index >= 15 is 0 Å². The standard InChI is InChI=1S/C29H28N4O3/c1-17-6-8-21(9-7-17)26-25(28-31-27(32-36-28)22-10-12-24(35-5)13-11-22)20(4)33(29(34)30-26)23-15-18(2)14-19(3)16-23/h6-16,26H,1-5H3,(H,30,34). The van der Waals surface area contributed by atoms with Crippen LogP contribution in [0.25, 0.3) is 17.0 Å². The molecule has 0 aliphatic carbocycles. The van der Waals surface area contributed by atoms with Crippen LogP contribution in [-0.4, -0.2) is 23.3 Å². The van der Waals surface area contributed by atoms with Crippen LogP contribution in [0.3, 0.4) is 0 Å². The van der Waals surface area contributed by atoms with E-state index in [1.807, 2.05) is 88.4 Å². The van der Waals surface area contributed by atoms with Crippen LogP contribution < -0.4 is 15.0 Å². The minimum Gasteiger partial charge on any atom is -0.497 e. The van der Waals surface area contributed by atoms with Gasteiger partial charge in [0.15, 0.2) is 0 Å². The summed E-state index contributed by atoms with van der Waals surface area (Å²) in [6.07, 6.45) is 0. The Bertz CT molecular complexity index is 1430. The second kappa shape index (κ2) is 9.34. The average molecular weight is 481 g/mol. The zero-order valence-electron chi connectivity index (χ0n) is 21.0. The molecule has 2 heterocycles. The Hall–Kier alpha value is -4.39. The number of carbonyl (C=O) groups is 1. The maximum Gasteiger partial charge on any atom is 0.326 e. The SMILES string of the molecule is COc1ccc(-c2noc(C3=C(C)N(c4cc(C)cc(C)c4)C(=O)NC3c3ccc(C)cc3)n2)cc1. The molecule has 0 radical (unpaired) electrons. The lowest BCUT2D eigenvalue weighted by Crippen LogP contribution is -2.46. The molecule has 3 aromatic carbocycles. The molecular weight excluding hydrogens is 452 g/mol. The first kappa shape index (κ1) is 23.4. The largest absolute Gasteiger partial charge is 0.497 e. The molecule has 1 unspecified atom stereocenters. The van der Waals surface area contributed by atoms with Crippen LogP contribution in [0.15, 0.2) is 77.0 Å². The molecule has 5 rings (SSSR count). The summed E-state index contributed by atoms with van der Waals surface area (Å²) < 4.78 is 11.1. The highest BCUT2D eigenvalue weighted by Crippen LogP contribution is 2.39. The number of allylic oxidation sites excluding steroid dienone is 1. The predicted molar refractivity (Wildman–Crippen MR) is 140 cm³/mol. The Morgan fingerprint density at radius 1 is 0.889 bits per heavy atom. The zero-order chi connectivity index (χ0) is 25.4. The van der Waals surface area contributed by atoms with E-state index in [1.165, 1.54) is 0 Å². The monoisotopic (exact) mass is 480 g/mol. The number of rotatable bonds is 5. The quantitative estimate of drug-likeness (QED) is 0.359. The number of hydrogen-bond donors (Lipinski definition) is 1. The van der Waals surface area contributed by atoms with Crippen LogP contribution in [0.4, 0.5) is 10.5 Å². The molecule has 1 aromatic heterocycles. The number of benzene rings is 3. The second-order valence-electron chi connectivity index (χ2n) is 9.13. The van der Waals surface area contributed by atoms with Gasteiger partial charge in [0.1, 0.15) is 5.75 Å². The summed E-state index contributed by atoms with van der Waals surface area (Å²) in [6.45, 7) is 8.00. The number of aromatic nitrogens is 2. The van der Waals surface area contributed by atoms with Crippen LogP contribution in [0.5, 0.6) is 5.75 Å². The highest BCUT2D eigenvalue weighted by Gasteiger charge is 2.36. The molecule has 7 nitrogen and oxygen atoms in total. The summed E-state index contributed by atoms with van der Waals surface area (Å²) in [5.74, 6) is 1.57. The van der Waals surface area contributed by atoms with Gasteiger partial charge >= 0.3 is 6.03 Å². The van der Waals surface area contributed by atoms with E-state index in [1.54, 1.807) is 12.0 Å². The molecule has 1 aliphatic rings. The van der Waals surface area contributed by atoms with Crippen LogP contribution >= 0.6 is 0 Å². The van der Waals surface area contributed by atoms with Crippen molar-refractivity contribution in [1.82, 2.24) is 15.5 Å². The number of aryl methyl sites for hydroxylation is 3. The molecule has 0 saturated carbocycles. The Kier molecular flexibility index (Phi) is 6.06. The minimum absolute atomic E-state index is 0.207. The van der Waals surface area contributed by atoms with Gasteiger partial charge in [-0.3, -0.25) is 4.90 Å². The molecule has 1 aliphatic heterocycles. The van der Waals surface area contributed by atoms with Crippen molar-refractivity contribution in [2.45, 2.75) is 33.7 Å². The third kappa shape index (κ3) is 4.35. The molecule has 0 saturated heterocycles. The molecule has 0 bridgehead atoms. The molecule has 36 heavy (non-hydrogen) atoms. The molecule has 0 spiro atoms. The third-order valence-corrected chi connectivity index (χ3v) is 6.36. The summed E-state index contributed by atoms with van der Waals surface area (Å²) in [5.41, 5.74) is 7.32. The summed E-state index contributed by atoms with van der Waals surface area (Å²) in [5, 5.41) is 7.41. The van der Waals surface area contributed by atoms with Crippen LogP contribution in [0.2, 0.25) is 0 Å². The van der Waals surface area contributed by atoms with Crippen LogP contribution in [0.1, 0.15) is 41.1 Å². The third-order valence-electron chi connectivity index (χ3n) is 6.36. The molecule has 1 atom stereocenters. The second-order valence-corrected chi connectivity index (χ2v) is 9.13. The summed E-state index contributed by atoms with van der Waals surface area (Å²) >= 11 is 0. The maximum absolute atomic E-state index is 13.4. The lowest BCUT2D eigenvalue weighted by Gasteiger charge is -2.35. The van der Waals surface area contributed by atoms with Gasteiger partial charge in [0.05, 0.1) is 24.4 Å². The fourth-order valence-corrected chi connectivity index (χ4v) is 4.61. The van der Waals surface area contributed by atoms with Crippen molar-refractivity contribution in [3.05, 3.63) is 101 Å². The first-order valence-corrected chi connectivity index (χ1v) is 11.8. The number of carbonyl (C=O) groups excluding carboxylic acids is 1. The molecule has 1 N–H and O–H groups in total. The average Bonchev–Trinajstić information content (AvgIpc) is 3.33. The Morgan fingerprint density at radius 3 is 2.19 bits per heavy atom. The van der Waals surface area contributed by atoms with E-state index in [4.69, 9.17) is 14.2 Å². The summed E-state index contributed by atoms with van der Waals surface area (Å²) in [7, 11) is 1.63. The van der Waals surface area contributed by atoms with Gasteiger partial charge in [0, 0.05) is 11.3 Å². The number of amides is 2. The van der Waals surface area contributed by atoms with Gasteiger partial charge in [-0.05, 0) is 80.8 Å². The minimum atomic E-state index is -0.440. The van der Waals surface area contributed by atoms with Crippen molar-refractivity contribution in [1.29, 1.82) is 0 Å². The van der Waals surface area contributed by atoms with Gasteiger partial charge in [0.25, 0.3) is 5.89 Å². The fraction of sp³-hybridized carbons (Fsp3) is 0.207. The predicted octanol–water partition coefficient (Wildman–Crippen LogP) is 6.37. The van der Waals surface area contributed by atoms with Crippen molar-refractivity contribution in [2.24, 2.45) is 0 Å². The summed E-state index contributed by atoms with van der Waals surface area (Å²) in [4.78, 5) is 19.9.